The molecule has 0 unspecified atom stereocenters. The number of benzene rings is 1. The lowest BCUT2D eigenvalue weighted by atomic mass is 10.2. The number of fused-ring (bicyclic) bond motifs is 1. The van der Waals surface area contributed by atoms with Crippen LogP contribution in [0.5, 0.6) is 0 Å². The van der Waals surface area contributed by atoms with Gasteiger partial charge in [-0.15, -0.1) is 0 Å². The molecule has 0 spiro atoms. The van der Waals surface area contributed by atoms with Gasteiger partial charge in [0.1, 0.15) is 5.52 Å². The molecule has 0 aliphatic heterocycles. The van der Waals surface area contributed by atoms with Crippen LogP contribution in [-0.4, -0.2) is 21.1 Å². The van der Waals surface area contributed by atoms with E-state index in [9.17, 15) is 4.79 Å². The second kappa shape index (κ2) is 4.56. The van der Waals surface area contributed by atoms with Crippen LogP contribution in [0.1, 0.15) is 11.6 Å². The molecule has 3 rings (SSSR count). The van der Waals surface area contributed by atoms with Crippen LogP contribution < -0.4 is 5.32 Å². The SMILES string of the molecule is Cc1nc2ccc(NC(=O)Cc3ccn[nH]3)cc2o1. The molecule has 1 aromatic carbocycles. The van der Waals surface area contributed by atoms with E-state index < -0.39 is 0 Å². The van der Waals surface area contributed by atoms with E-state index >= 15 is 0 Å². The second-order valence-corrected chi connectivity index (χ2v) is 4.22. The summed E-state index contributed by atoms with van der Waals surface area (Å²) in [5, 5.41) is 9.35. The van der Waals surface area contributed by atoms with Gasteiger partial charge < -0.3 is 9.73 Å². The molecule has 2 N–H and O–H groups in total. The number of nitrogens with one attached hydrogen (secondary N) is 2. The van der Waals surface area contributed by atoms with Crippen molar-refractivity contribution in [3.8, 4) is 0 Å². The number of rotatable bonds is 3. The summed E-state index contributed by atoms with van der Waals surface area (Å²) < 4.78 is 5.42. The molecule has 6 nitrogen and oxygen atoms in total. The van der Waals surface area contributed by atoms with Crippen molar-refractivity contribution in [2.45, 2.75) is 13.3 Å². The Morgan fingerprint density at radius 2 is 2.32 bits per heavy atom. The molecule has 0 aliphatic carbocycles. The minimum atomic E-state index is -0.111. The minimum Gasteiger partial charge on any atom is -0.441 e. The van der Waals surface area contributed by atoms with E-state index in [0.29, 0.717) is 17.2 Å². The summed E-state index contributed by atoms with van der Waals surface area (Å²) in [4.78, 5) is 16.0. The number of hydrogen-bond donors (Lipinski definition) is 2. The molecular formula is C13H12N4O2. The molecular weight excluding hydrogens is 244 g/mol. The van der Waals surface area contributed by atoms with Crippen molar-refractivity contribution in [3.05, 3.63) is 42.0 Å². The zero-order chi connectivity index (χ0) is 13.2. The Kier molecular flexibility index (Phi) is 2.75. The molecule has 2 aromatic heterocycles. The fourth-order valence-corrected chi connectivity index (χ4v) is 1.88. The van der Waals surface area contributed by atoms with Crippen molar-refractivity contribution >= 4 is 22.7 Å². The standard InChI is InChI=1S/C13H12N4O2/c1-8-15-11-3-2-9(6-12(11)19-8)16-13(18)7-10-4-5-14-17-10/h2-6H,7H2,1H3,(H,14,17)(H,16,18). The molecule has 2 heterocycles. The van der Waals surface area contributed by atoms with Crippen molar-refractivity contribution in [3.63, 3.8) is 0 Å². The maximum Gasteiger partial charge on any atom is 0.230 e. The average molecular weight is 256 g/mol. The molecule has 3 aromatic rings. The van der Waals surface area contributed by atoms with Gasteiger partial charge in [-0.1, -0.05) is 0 Å². The van der Waals surface area contributed by atoms with Crippen LogP contribution in [0.15, 0.2) is 34.9 Å². The topological polar surface area (TPSA) is 83.8 Å². The van der Waals surface area contributed by atoms with Crippen molar-refractivity contribution in [1.82, 2.24) is 15.2 Å². The summed E-state index contributed by atoms with van der Waals surface area (Å²) in [6, 6.07) is 7.15. The number of H-pyrrole nitrogens is 1. The summed E-state index contributed by atoms with van der Waals surface area (Å²) in [7, 11) is 0. The minimum absolute atomic E-state index is 0.111. The fourth-order valence-electron chi connectivity index (χ4n) is 1.88. The molecule has 0 saturated heterocycles. The molecule has 0 aliphatic rings. The normalized spacial score (nSPS) is 10.8. The number of aryl methyl sites for hydroxylation is 1. The number of aromatic nitrogens is 3. The van der Waals surface area contributed by atoms with Gasteiger partial charge in [0.15, 0.2) is 11.5 Å². The van der Waals surface area contributed by atoms with Gasteiger partial charge in [-0.2, -0.15) is 5.10 Å². The fraction of sp³-hybridized carbons (Fsp3) is 0.154. The van der Waals surface area contributed by atoms with E-state index in [1.807, 2.05) is 6.07 Å². The van der Waals surface area contributed by atoms with Crippen molar-refractivity contribution in [2.75, 3.05) is 5.32 Å². The van der Waals surface area contributed by atoms with Crippen LogP contribution in [0.3, 0.4) is 0 Å². The maximum absolute atomic E-state index is 11.8. The smallest absolute Gasteiger partial charge is 0.230 e. The largest absolute Gasteiger partial charge is 0.441 e. The van der Waals surface area contributed by atoms with E-state index in [0.717, 1.165) is 11.2 Å². The van der Waals surface area contributed by atoms with Crippen molar-refractivity contribution in [2.24, 2.45) is 0 Å². The van der Waals surface area contributed by atoms with Crippen LogP contribution in [-0.2, 0) is 11.2 Å². The van der Waals surface area contributed by atoms with Crippen molar-refractivity contribution in [1.29, 1.82) is 0 Å². The zero-order valence-corrected chi connectivity index (χ0v) is 10.3. The Morgan fingerprint density at radius 3 is 3.11 bits per heavy atom. The predicted molar refractivity (Wildman–Crippen MR) is 69.7 cm³/mol. The lowest BCUT2D eigenvalue weighted by Crippen LogP contribution is -2.14. The number of carbonyl (C=O) groups is 1. The van der Waals surface area contributed by atoms with Gasteiger partial charge in [-0.25, -0.2) is 4.98 Å². The van der Waals surface area contributed by atoms with Crippen LogP contribution in [0.4, 0.5) is 5.69 Å². The number of aromatic amines is 1. The summed E-state index contributed by atoms with van der Waals surface area (Å²) in [6.45, 7) is 1.79. The third-order valence-corrected chi connectivity index (χ3v) is 2.69. The Bertz CT molecular complexity index is 715. The first-order valence-electron chi connectivity index (χ1n) is 5.86. The zero-order valence-electron chi connectivity index (χ0n) is 10.3. The van der Waals surface area contributed by atoms with Gasteiger partial charge in [0.2, 0.25) is 5.91 Å². The highest BCUT2D eigenvalue weighted by Crippen LogP contribution is 2.19. The predicted octanol–water partition coefficient (Wildman–Crippen LogP) is 2.04. The summed E-state index contributed by atoms with van der Waals surface area (Å²) in [5.41, 5.74) is 2.91. The lowest BCUT2D eigenvalue weighted by Gasteiger charge is -2.03. The molecule has 1 amide bonds. The highest BCUT2D eigenvalue weighted by molar-refractivity contribution is 5.93. The van der Waals surface area contributed by atoms with Gasteiger partial charge in [-0.3, -0.25) is 9.89 Å². The van der Waals surface area contributed by atoms with Crippen LogP contribution in [0.2, 0.25) is 0 Å². The Hall–Kier alpha value is -2.63. The Labute approximate surface area is 108 Å². The number of amides is 1. The molecule has 0 fully saturated rings. The number of hydrogen-bond acceptors (Lipinski definition) is 4. The second-order valence-electron chi connectivity index (χ2n) is 4.22. The number of oxazole rings is 1. The summed E-state index contributed by atoms with van der Waals surface area (Å²) in [6.07, 6.45) is 1.87. The third-order valence-electron chi connectivity index (χ3n) is 2.69. The first kappa shape index (κ1) is 11.5. The van der Waals surface area contributed by atoms with E-state index in [2.05, 4.69) is 20.5 Å². The van der Waals surface area contributed by atoms with Crippen LogP contribution in [0, 0.1) is 6.92 Å². The average Bonchev–Trinajstić information content (AvgIpc) is 2.96. The molecule has 0 atom stereocenters. The summed E-state index contributed by atoms with van der Waals surface area (Å²) >= 11 is 0. The van der Waals surface area contributed by atoms with Gasteiger partial charge in [-0.05, 0) is 18.2 Å². The van der Waals surface area contributed by atoms with E-state index in [1.165, 1.54) is 0 Å². The van der Waals surface area contributed by atoms with Gasteiger partial charge in [0.05, 0.1) is 6.42 Å². The molecule has 0 radical (unpaired) electrons. The summed E-state index contributed by atoms with van der Waals surface area (Å²) in [5.74, 6) is 0.496. The van der Waals surface area contributed by atoms with Crippen LogP contribution >= 0.6 is 0 Å². The number of nitrogens with zero attached hydrogens (tertiary/aromatic N) is 2. The van der Waals surface area contributed by atoms with Gasteiger partial charge >= 0.3 is 0 Å². The highest BCUT2D eigenvalue weighted by atomic mass is 16.3. The quantitative estimate of drug-likeness (QED) is 0.751. The molecule has 0 bridgehead atoms. The number of carbonyl (C=O) groups excluding carboxylic acids is 1. The van der Waals surface area contributed by atoms with Gasteiger partial charge in [0, 0.05) is 30.6 Å². The lowest BCUT2D eigenvalue weighted by molar-refractivity contribution is -0.115. The van der Waals surface area contributed by atoms with E-state index in [4.69, 9.17) is 4.42 Å². The molecule has 6 heteroatoms. The van der Waals surface area contributed by atoms with E-state index in [-0.39, 0.29) is 12.3 Å². The van der Waals surface area contributed by atoms with Gasteiger partial charge in [0.25, 0.3) is 0 Å². The first-order valence-corrected chi connectivity index (χ1v) is 5.86. The van der Waals surface area contributed by atoms with E-state index in [1.54, 1.807) is 31.3 Å². The highest BCUT2D eigenvalue weighted by Gasteiger charge is 2.07. The Balaban J connectivity index is 1.75. The van der Waals surface area contributed by atoms with Crippen molar-refractivity contribution < 1.29 is 9.21 Å². The monoisotopic (exact) mass is 256 g/mol. The Morgan fingerprint density at radius 1 is 1.42 bits per heavy atom. The molecule has 96 valence electrons. The third kappa shape index (κ3) is 2.47. The molecule has 0 saturated carbocycles. The first-order chi connectivity index (χ1) is 9.20. The molecule has 19 heavy (non-hydrogen) atoms. The number of anilines is 1. The maximum atomic E-state index is 11.8. The van der Waals surface area contributed by atoms with Crippen LogP contribution in [0.25, 0.3) is 11.1 Å².